The second-order valence-electron chi connectivity index (χ2n) is 3.35. The van der Waals surface area contributed by atoms with E-state index in [1.807, 2.05) is 13.8 Å². The van der Waals surface area contributed by atoms with Crippen molar-refractivity contribution in [2.75, 3.05) is 5.33 Å². The van der Waals surface area contributed by atoms with Crippen LogP contribution in [-0.4, -0.2) is 23.0 Å². The number of ether oxygens (including phenoxy) is 1. The lowest BCUT2D eigenvalue weighted by atomic mass is 10.1. The molecule has 0 saturated carbocycles. The van der Waals surface area contributed by atoms with Gasteiger partial charge in [0.15, 0.2) is 5.78 Å². The predicted octanol–water partition coefficient (Wildman–Crippen LogP) is 5.80. The molecule has 0 aliphatic rings. The molecule has 0 saturated heterocycles. The summed E-state index contributed by atoms with van der Waals surface area (Å²) < 4.78 is 76.5. The van der Waals surface area contributed by atoms with Crippen LogP contribution in [0.1, 0.15) is 24.2 Å². The summed E-state index contributed by atoms with van der Waals surface area (Å²) >= 11 is 2.15. The van der Waals surface area contributed by atoms with Crippen LogP contribution < -0.4 is 4.74 Å². The predicted molar refractivity (Wildman–Crippen MR) is 74.5 cm³/mol. The first-order valence-corrected chi connectivity index (χ1v) is 7.70. The molecule has 0 fully saturated rings. The maximum atomic E-state index is 12.2. The molecule has 22 heavy (non-hydrogen) atoms. The number of carbonyl (C=O) groups excluding carboxylic acids is 1. The van der Waals surface area contributed by atoms with Gasteiger partial charge in [-0.05, 0) is 30.0 Å². The highest BCUT2D eigenvalue weighted by Crippen LogP contribution is 2.39. The third-order valence-electron chi connectivity index (χ3n) is 1.79. The topological polar surface area (TPSA) is 26.3 Å². The van der Waals surface area contributed by atoms with Crippen molar-refractivity contribution in [3.8, 4) is 5.75 Å². The Bertz CT molecular complexity index is 467. The Morgan fingerprint density at radius 3 is 2.09 bits per heavy atom. The van der Waals surface area contributed by atoms with Crippen LogP contribution in [0.2, 0.25) is 0 Å². The lowest BCUT2D eigenvalue weighted by molar-refractivity contribution is -0.274. The normalized spacial score (nSPS) is 11.5. The first-order chi connectivity index (χ1) is 10.00. The minimum Gasteiger partial charge on any atom is -0.406 e. The van der Waals surface area contributed by atoms with Crippen molar-refractivity contribution in [2.24, 2.45) is 0 Å². The van der Waals surface area contributed by atoms with Gasteiger partial charge < -0.3 is 4.74 Å². The Morgan fingerprint density at radius 1 is 1.14 bits per heavy atom. The molecule has 1 aromatic carbocycles. The van der Waals surface area contributed by atoms with Crippen molar-refractivity contribution in [1.82, 2.24) is 0 Å². The molecule has 0 aliphatic carbocycles. The van der Waals surface area contributed by atoms with Crippen molar-refractivity contribution in [3.63, 3.8) is 0 Å². The summed E-state index contributed by atoms with van der Waals surface area (Å²) in [6.45, 7) is 4.00. The summed E-state index contributed by atoms with van der Waals surface area (Å²) in [5.74, 6) is -1.54. The Labute approximate surface area is 135 Å². The largest absolute Gasteiger partial charge is 0.573 e. The van der Waals surface area contributed by atoms with Crippen molar-refractivity contribution in [3.05, 3.63) is 23.8 Å². The summed E-state index contributed by atoms with van der Waals surface area (Å²) in [4.78, 5) is 10.8. The average molecular weight is 413 g/mol. The zero-order valence-electron chi connectivity index (χ0n) is 11.3. The molecule has 10 heteroatoms. The molecule has 0 amide bonds. The fourth-order valence-electron chi connectivity index (χ4n) is 1.19. The van der Waals surface area contributed by atoms with Crippen LogP contribution in [0.25, 0.3) is 0 Å². The number of Topliss-reactive ketones (excluding diaryl/α,β-unsaturated/α-hetero) is 1. The van der Waals surface area contributed by atoms with Gasteiger partial charge in [-0.3, -0.25) is 4.79 Å². The van der Waals surface area contributed by atoms with Crippen LogP contribution in [0, 0.1) is 0 Å². The van der Waals surface area contributed by atoms with Crippen molar-refractivity contribution >= 4 is 33.5 Å². The van der Waals surface area contributed by atoms with Gasteiger partial charge in [0, 0.05) is 10.5 Å². The first kappa shape index (κ1) is 21.1. The Balaban J connectivity index is 0.00000211. The van der Waals surface area contributed by atoms with Crippen molar-refractivity contribution < 1.29 is 35.9 Å². The Kier molecular flexibility index (Phi) is 8.30. The number of thioether (sulfide) groups is 1. The second kappa shape index (κ2) is 8.66. The molecule has 0 spiro atoms. The quantitative estimate of drug-likeness (QED) is 0.270. The van der Waals surface area contributed by atoms with Crippen LogP contribution >= 0.6 is 27.7 Å². The van der Waals surface area contributed by atoms with Gasteiger partial charge in [-0.25, -0.2) is 0 Å². The summed E-state index contributed by atoms with van der Waals surface area (Å²) in [5.41, 5.74) is -5.00. The van der Waals surface area contributed by atoms with Crippen LogP contribution in [0.4, 0.5) is 26.3 Å². The molecule has 0 heterocycles. The number of carbonyl (C=O) groups is 1. The number of hydrogen-bond acceptors (Lipinski definition) is 3. The van der Waals surface area contributed by atoms with Crippen molar-refractivity contribution in [1.29, 1.82) is 0 Å². The van der Waals surface area contributed by atoms with Gasteiger partial charge in [0.1, 0.15) is 5.75 Å². The number of rotatable bonds is 4. The summed E-state index contributed by atoms with van der Waals surface area (Å²) in [6.07, 6.45) is -5.06. The first-order valence-electron chi connectivity index (χ1n) is 5.76. The minimum atomic E-state index is -5.06. The zero-order chi connectivity index (χ0) is 17.6. The maximum Gasteiger partial charge on any atom is 0.573 e. The standard InChI is InChI=1S/C10H5BrF6O2S.C2H6/c11-4-8(18)5-1-6(19-9(12,13)14)3-7(2-5)20-10(15,16)17;1-2/h1-3H,4H2;1-2H3. The summed E-state index contributed by atoms with van der Waals surface area (Å²) in [7, 11) is 0. The SMILES string of the molecule is CC.O=C(CBr)c1cc(OC(F)(F)F)cc(SC(F)(F)F)c1. The molecular formula is C12H11BrF6O2S. The lowest BCUT2D eigenvalue weighted by Gasteiger charge is -2.12. The van der Waals surface area contributed by atoms with E-state index in [-0.39, 0.29) is 10.9 Å². The smallest absolute Gasteiger partial charge is 0.406 e. The van der Waals surface area contributed by atoms with Gasteiger partial charge in [0.25, 0.3) is 0 Å². The van der Waals surface area contributed by atoms with Gasteiger partial charge >= 0.3 is 11.9 Å². The molecule has 2 nitrogen and oxygen atoms in total. The van der Waals surface area contributed by atoms with E-state index >= 15 is 0 Å². The number of benzene rings is 1. The third kappa shape index (κ3) is 8.52. The van der Waals surface area contributed by atoms with E-state index in [9.17, 15) is 31.1 Å². The maximum absolute atomic E-state index is 12.2. The van der Waals surface area contributed by atoms with E-state index in [4.69, 9.17) is 0 Å². The molecular weight excluding hydrogens is 402 g/mol. The molecule has 0 radical (unpaired) electrons. The van der Waals surface area contributed by atoms with Crippen LogP contribution in [-0.2, 0) is 0 Å². The molecule has 1 rings (SSSR count). The molecule has 0 aliphatic heterocycles. The molecule has 0 bridgehead atoms. The van der Waals surface area contributed by atoms with Crippen molar-refractivity contribution in [2.45, 2.75) is 30.6 Å². The Morgan fingerprint density at radius 2 is 1.68 bits per heavy atom. The lowest BCUT2D eigenvalue weighted by Crippen LogP contribution is -2.17. The number of ketones is 1. The summed E-state index contributed by atoms with van der Waals surface area (Å²) in [6, 6.07) is 2.15. The fraction of sp³-hybridized carbons (Fsp3) is 0.417. The third-order valence-corrected chi connectivity index (χ3v) is 3.00. The molecule has 0 N–H and O–H groups in total. The van der Waals surface area contributed by atoms with E-state index in [1.165, 1.54) is 0 Å². The monoisotopic (exact) mass is 412 g/mol. The van der Waals surface area contributed by atoms with Gasteiger partial charge in [0.05, 0.1) is 5.33 Å². The van der Waals surface area contributed by atoms with E-state index in [0.29, 0.717) is 6.07 Å². The molecule has 0 aromatic heterocycles. The number of hydrogen-bond donors (Lipinski definition) is 0. The van der Waals surface area contributed by atoms with E-state index in [1.54, 1.807) is 0 Å². The average Bonchev–Trinajstić information content (AvgIpc) is 2.35. The van der Waals surface area contributed by atoms with E-state index < -0.39 is 40.1 Å². The highest BCUT2D eigenvalue weighted by atomic mass is 79.9. The van der Waals surface area contributed by atoms with Gasteiger partial charge in [-0.2, -0.15) is 13.2 Å². The zero-order valence-corrected chi connectivity index (χ0v) is 13.7. The minimum absolute atomic E-state index is 0.238. The van der Waals surface area contributed by atoms with Gasteiger partial charge in [-0.15, -0.1) is 13.2 Å². The fourth-order valence-corrected chi connectivity index (χ4v) is 2.15. The van der Waals surface area contributed by atoms with E-state index in [0.717, 1.165) is 12.1 Å². The highest BCUT2D eigenvalue weighted by Gasteiger charge is 2.33. The van der Waals surface area contributed by atoms with Crippen LogP contribution in [0.5, 0.6) is 5.75 Å². The Hall–Kier alpha value is -0.900. The van der Waals surface area contributed by atoms with Gasteiger partial charge in [-0.1, -0.05) is 29.8 Å². The number of halogens is 7. The van der Waals surface area contributed by atoms with Crippen LogP contribution in [0.3, 0.4) is 0 Å². The second-order valence-corrected chi connectivity index (χ2v) is 5.04. The molecule has 0 unspecified atom stereocenters. The molecule has 1 aromatic rings. The number of alkyl halides is 7. The van der Waals surface area contributed by atoms with Crippen LogP contribution in [0.15, 0.2) is 23.1 Å². The molecule has 126 valence electrons. The van der Waals surface area contributed by atoms with E-state index in [2.05, 4.69) is 20.7 Å². The highest BCUT2D eigenvalue weighted by molar-refractivity contribution is 9.09. The summed E-state index contributed by atoms with van der Waals surface area (Å²) in [5, 5.41) is -0.238. The molecule has 0 atom stereocenters. The van der Waals surface area contributed by atoms with Gasteiger partial charge in [0.2, 0.25) is 0 Å².